The maximum Gasteiger partial charge on any atom is 0.348 e. The lowest BCUT2D eigenvalue weighted by Crippen LogP contribution is -2.13. The highest BCUT2D eigenvalue weighted by atomic mass is 32.1. The molecule has 1 aromatic heterocycles. The number of carbonyl (C=O) groups excluding carboxylic acids is 2. The molecular formula is C18H18FNO3S. The lowest BCUT2D eigenvalue weighted by molar-refractivity contribution is -0.117. The van der Waals surface area contributed by atoms with E-state index in [0.717, 1.165) is 5.56 Å². The van der Waals surface area contributed by atoms with Crippen LogP contribution in [0.5, 0.6) is 0 Å². The van der Waals surface area contributed by atoms with Crippen molar-refractivity contribution in [2.24, 2.45) is 5.92 Å². The lowest BCUT2D eigenvalue weighted by atomic mass is 10.1. The van der Waals surface area contributed by atoms with Crippen molar-refractivity contribution in [3.63, 3.8) is 0 Å². The van der Waals surface area contributed by atoms with E-state index in [1.165, 1.54) is 17.4 Å². The second-order valence-electron chi connectivity index (χ2n) is 5.80. The summed E-state index contributed by atoms with van der Waals surface area (Å²) in [6.07, 6.45) is 0.641. The van der Waals surface area contributed by atoms with Crippen LogP contribution < -0.4 is 5.32 Å². The molecule has 24 heavy (non-hydrogen) atoms. The van der Waals surface area contributed by atoms with Gasteiger partial charge in [-0.3, -0.25) is 4.79 Å². The van der Waals surface area contributed by atoms with Gasteiger partial charge in [-0.05, 0) is 49.4 Å². The van der Waals surface area contributed by atoms with Crippen molar-refractivity contribution >= 4 is 28.2 Å². The van der Waals surface area contributed by atoms with E-state index >= 15 is 0 Å². The number of hydrogen-bond donors (Lipinski definition) is 1. The highest BCUT2D eigenvalue weighted by Crippen LogP contribution is 2.49. The van der Waals surface area contributed by atoms with E-state index in [1.807, 2.05) is 0 Å². The average molecular weight is 347 g/mol. The van der Waals surface area contributed by atoms with Crippen LogP contribution in [-0.2, 0) is 9.53 Å². The number of benzene rings is 1. The Bertz CT molecular complexity index is 786. The lowest BCUT2D eigenvalue weighted by Gasteiger charge is -2.03. The molecule has 1 aromatic carbocycles. The zero-order chi connectivity index (χ0) is 17.3. The Labute approximate surface area is 143 Å². The Morgan fingerprint density at radius 1 is 1.38 bits per heavy atom. The highest BCUT2D eigenvalue weighted by molar-refractivity contribution is 7.18. The van der Waals surface area contributed by atoms with E-state index in [-0.39, 0.29) is 29.5 Å². The number of ether oxygens (including phenoxy) is 1. The molecule has 0 bridgehead atoms. The van der Waals surface area contributed by atoms with E-state index in [4.69, 9.17) is 4.74 Å². The van der Waals surface area contributed by atoms with Gasteiger partial charge in [0.2, 0.25) is 5.91 Å². The predicted molar refractivity (Wildman–Crippen MR) is 90.9 cm³/mol. The summed E-state index contributed by atoms with van der Waals surface area (Å²) >= 11 is 1.20. The number of anilines is 1. The summed E-state index contributed by atoms with van der Waals surface area (Å²) < 4.78 is 18.8. The van der Waals surface area contributed by atoms with Crippen LogP contribution in [0, 0.1) is 18.7 Å². The molecule has 4 nitrogen and oxygen atoms in total. The minimum absolute atomic E-state index is 0.0724. The van der Waals surface area contributed by atoms with Crippen LogP contribution in [0.3, 0.4) is 0 Å². The number of nitrogens with one attached hydrogen (secondary N) is 1. The van der Waals surface area contributed by atoms with Crippen molar-refractivity contribution in [3.05, 3.63) is 52.2 Å². The molecular weight excluding hydrogens is 329 g/mol. The number of amides is 1. The number of rotatable bonds is 5. The van der Waals surface area contributed by atoms with E-state index in [0.29, 0.717) is 28.5 Å². The zero-order valence-electron chi connectivity index (χ0n) is 13.5. The van der Waals surface area contributed by atoms with Crippen LogP contribution >= 0.6 is 11.3 Å². The summed E-state index contributed by atoms with van der Waals surface area (Å²) in [6, 6.07) is 8.31. The summed E-state index contributed by atoms with van der Waals surface area (Å²) in [5.41, 5.74) is 1.36. The molecule has 2 aromatic rings. The molecule has 1 fully saturated rings. The van der Waals surface area contributed by atoms with Crippen molar-refractivity contribution in [2.45, 2.75) is 26.2 Å². The molecule has 1 N–H and O–H groups in total. The first-order chi connectivity index (χ1) is 11.5. The Morgan fingerprint density at radius 2 is 2.12 bits per heavy atom. The number of hydrogen-bond acceptors (Lipinski definition) is 4. The van der Waals surface area contributed by atoms with Gasteiger partial charge in [0.05, 0.1) is 11.6 Å². The van der Waals surface area contributed by atoms with Crippen molar-refractivity contribution in [3.8, 4) is 0 Å². The molecule has 0 radical (unpaired) electrons. The first kappa shape index (κ1) is 16.6. The van der Waals surface area contributed by atoms with Crippen molar-refractivity contribution in [1.82, 2.24) is 0 Å². The maximum atomic E-state index is 13.8. The minimum atomic E-state index is -0.379. The Kier molecular flexibility index (Phi) is 4.66. The van der Waals surface area contributed by atoms with Crippen molar-refractivity contribution in [2.75, 3.05) is 11.9 Å². The molecule has 3 rings (SSSR count). The number of halogens is 1. The van der Waals surface area contributed by atoms with Crippen LogP contribution in [0.1, 0.15) is 40.1 Å². The van der Waals surface area contributed by atoms with Crippen molar-refractivity contribution in [1.29, 1.82) is 0 Å². The predicted octanol–water partition coefficient (Wildman–Crippen LogP) is 4.11. The minimum Gasteiger partial charge on any atom is -0.462 e. The molecule has 2 atom stereocenters. The Hall–Kier alpha value is -2.21. The molecule has 1 aliphatic carbocycles. The van der Waals surface area contributed by atoms with Gasteiger partial charge in [-0.1, -0.05) is 18.2 Å². The van der Waals surface area contributed by atoms with E-state index in [1.54, 1.807) is 38.1 Å². The summed E-state index contributed by atoms with van der Waals surface area (Å²) in [5, 5.41) is 3.44. The fourth-order valence-corrected chi connectivity index (χ4v) is 3.73. The van der Waals surface area contributed by atoms with Crippen LogP contribution in [0.25, 0.3) is 0 Å². The SMILES string of the molecule is CCOC(=O)c1sc(NC(=O)C2CC2c2ccccc2F)cc1C. The molecule has 126 valence electrons. The summed E-state index contributed by atoms with van der Waals surface area (Å²) in [6.45, 7) is 3.86. The average Bonchev–Trinajstić information content (AvgIpc) is 3.25. The van der Waals surface area contributed by atoms with Gasteiger partial charge in [-0.2, -0.15) is 0 Å². The van der Waals surface area contributed by atoms with Crippen LogP contribution in [0.15, 0.2) is 30.3 Å². The number of aryl methyl sites for hydroxylation is 1. The standard InChI is InChI=1S/C18H18FNO3S/c1-3-23-18(22)16-10(2)8-15(24-16)20-17(21)13-9-12(13)11-6-4-5-7-14(11)19/h4-8,12-13H,3,9H2,1-2H3,(H,20,21). The largest absolute Gasteiger partial charge is 0.462 e. The van der Waals surface area contributed by atoms with E-state index in [2.05, 4.69) is 5.32 Å². The number of thiophene rings is 1. The second kappa shape index (κ2) is 6.73. The van der Waals surface area contributed by atoms with Crippen molar-refractivity contribution < 1.29 is 18.7 Å². The van der Waals surface area contributed by atoms with Gasteiger partial charge in [0, 0.05) is 5.92 Å². The van der Waals surface area contributed by atoms with Crippen LogP contribution in [-0.4, -0.2) is 18.5 Å². The zero-order valence-corrected chi connectivity index (χ0v) is 14.3. The smallest absolute Gasteiger partial charge is 0.348 e. The normalized spacial score (nSPS) is 19.0. The fourth-order valence-electron chi connectivity index (χ4n) is 2.76. The molecule has 0 saturated heterocycles. The van der Waals surface area contributed by atoms with E-state index < -0.39 is 0 Å². The van der Waals surface area contributed by atoms with Crippen LogP contribution in [0.4, 0.5) is 9.39 Å². The first-order valence-electron chi connectivity index (χ1n) is 7.84. The molecule has 0 spiro atoms. The van der Waals surface area contributed by atoms with E-state index in [9.17, 15) is 14.0 Å². The quantitative estimate of drug-likeness (QED) is 0.828. The Morgan fingerprint density at radius 3 is 2.83 bits per heavy atom. The van der Waals surface area contributed by atoms with Gasteiger partial charge in [0.25, 0.3) is 0 Å². The van der Waals surface area contributed by atoms with Crippen LogP contribution in [0.2, 0.25) is 0 Å². The number of carbonyl (C=O) groups is 2. The Balaban J connectivity index is 1.66. The van der Waals surface area contributed by atoms with Gasteiger partial charge < -0.3 is 10.1 Å². The summed E-state index contributed by atoms with van der Waals surface area (Å²) in [5.74, 6) is -1.09. The third-order valence-corrected chi connectivity index (χ3v) is 5.19. The summed E-state index contributed by atoms with van der Waals surface area (Å²) in [4.78, 5) is 24.7. The molecule has 0 aliphatic heterocycles. The fraction of sp³-hybridized carbons (Fsp3) is 0.333. The first-order valence-corrected chi connectivity index (χ1v) is 8.65. The molecule has 1 saturated carbocycles. The summed E-state index contributed by atoms with van der Waals surface area (Å²) in [7, 11) is 0. The number of esters is 1. The monoisotopic (exact) mass is 347 g/mol. The second-order valence-corrected chi connectivity index (χ2v) is 6.85. The van der Waals surface area contributed by atoms with Gasteiger partial charge >= 0.3 is 5.97 Å². The van der Waals surface area contributed by atoms with Gasteiger partial charge in [-0.25, -0.2) is 9.18 Å². The molecule has 2 unspecified atom stereocenters. The third-order valence-electron chi connectivity index (χ3n) is 4.06. The van der Waals surface area contributed by atoms with Gasteiger partial charge in [0.1, 0.15) is 10.7 Å². The highest BCUT2D eigenvalue weighted by Gasteiger charge is 2.45. The van der Waals surface area contributed by atoms with Gasteiger partial charge in [-0.15, -0.1) is 11.3 Å². The maximum absolute atomic E-state index is 13.8. The molecule has 1 heterocycles. The van der Waals surface area contributed by atoms with Gasteiger partial charge in [0.15, 0.2) is 0 Å². The topological polar surface area (TPSA) is 55.4 Å². The third kappa shape index (κ3) is 3.33. The molecule has 6 heteroatoms. The molecule has 1 aliphatic rings. The molecule has 1 amide bonds.